The molecule has 0 aliphatic heterocycles. The molecule has 2 aliphatic rings. The van der Waals surface area contributed by atoms with Crippen molar-refractivity contribution in [3.63, 3.8) is 0 Å². The lowest BCUT2D eigenvalue weighted by Crippen LogP contribution is -2.25. The van der Waals surface area contributed by atoms with Crippen LogP contribution in [-0.2, 0) is 5.41 Å². The van der Waals surface area contributed by atoms with Crippen LogP contribution in [0.25, 0.3) is 22.3 Å². The maximum Gasteiger partial charge on any atom is 0.119 e. The van der Waals surface area contributed by atoms with E-state index in [9.17, 15) is 0 Å². The second-order valence-corrected chi connectivity index (χ2v) is 8.27. The van der Waals surface area contributed by atoms with Gasteiger partial charge in [-0.3, -0.25) is 0 Å². The van der Waals surface area contributed by atoms with Crippen LogP contribution in [0.1, 0.15) is 22.3 Å². The number of rotatable bonds is 1. The number of methoxy groups -OCH3 is 1. The third-order valence-corrected chi connectivity index (χ3v) is 6.93. The van der Waals surface area contributed by atoms with Crippen LogP contribution in [-0.4, -0.2) is 7.11 Å². The zero-order chi connectivity index (χ0) is 18.9. The van der Waals surface area contributed by atoms with Crippen molar-refractivity contribution in [1.29, 1.82) is 0 Å². The Morgan fingerprint density at radius 2 is 1.29 bits per heavy atom. The maximum absolute atomic E-state index is 5.63. The number of halogens is 1. The van der Waals surface area contributed by atoms with Gasteiger partial charge in [0.15, 0.2) is 0 Å². The molecule has 0 fully saturated rings. The topological polar surface area (TPSA) is 9.23 Å². The van der Waals surface area contributed by atoms with Crippen LogP contribution in [0.2, 0.25) is 0 Å². The quantitative estimate of drug-likeness (QED) is 0.282. The first-order valence-electron chi connectivity index (χ1n) is 9.44. The summed E-state index contributed by atoms with van der Waals surface area (Å²) in [6, 6.07) is 30.7. The predicted octanol–water partition coefficient (Wildman–Crippen LogP) is 6.80. The molecule has 0 heterocycles. The maximum atomic E-state index is 5.63. The summed E-state index contributed by atoms with van der Waals surface area (Å²) in [5.74, 6) is 0.895. The molecule has 4 aromatic carbocycles. The van der Waals surface area contributed by atoms with Crippen LogP contribution < -0.4 is 4.74 Å². The zero-order valence-electron chi connectivity index (χ0n) is 15.4. The van der Waals surface area contributed by atoms with Gasteiger partial charge in [-0.05, 0) is 57.1 Å². The fraction of sp³-hybridized carbons (Fsp3) is 0.0769. The van der Waals surface area contributed by atoms with E-state index in [1.54, 1.807) is 7.11 Å². The van der Waals surface area contributed by atoms with E-state index in [0.717, 1.165) is 10.2 Å². The van der Waals surface area contributed by atoms with Gasteiger partial charge in [0.1, 0.15) is 5.75 Å². The Labute approximate surface area is 172 Å². The molecule has 0 aromatic heterocycles. The lowest BCUT2D eigenvalue weighted by molar-refractivity contribution is 0.414. The van der Waals surface area contributed by atoms with Gasteiger partial charge in [0, 0.05) is 10.0 Å². The first-order chi connectivity index (χ1) is 13.8. The van der Waals surface area contributed by atoms with Gasteiger partial charge in [0.25, 0.3) is 0 Å². The van der Waals surface area contributed by atoms with E-state index >= 15 is 0 Å². The number of fused-ring (bicyclic) bond motifs is 10. The summed E-state index contributed by atoms with van der Waals surface area (Å²) >= 11 is 3.83. The molecule has 0 amide bonds. The monoisotopic (exact) mass is 424 g/mol. The molecule has 134 valence electrons. The Balaban J connectivity index is 1.86. The molecule has 2 aliphatic carbocycles. The molecule has 1 spiro atoms. The van der Waals surface area contributed by atoms with Gasteiger partial charge in [-0.2, -0.15) is 0 Å². The molecular formula is C26H17BrO. The first kappa shape index (κ1) is 16.1. The summed E-state index contributed by atoms with van der Waals surface area (Å²) in [4.78, 5) is 0. The molecular weight excluding hydrogens is 408 g/mol. The molecule has 28 heavy (non-hydrogen) atoms. The van der Waals surface area contributed by atoms with Crippen molar-refractivity contribution >= 4 is 15.9 Å². The highest BCUT2D eigenvalue weighted by Crippen LogP contribution is 2.63. The molecule has 0 radical (unpaired) electrons. The van der Waals surface area contributed by atoms with Gasteiger partial charge < -0.3 is 4.74 Å². The minimum Gasteiger partial charge on any atom is -0.497 e. The SMILES string of the molecule is COc1ccc2c(c1)C1(c3ccccc3-2)c2ccccc2-c2c(Br)cccc21. The van der Waals surface area contributed by atoms with Crippen molar-refractivity contribution in [2.45, 2.75) is 5.41 Å². The second-order valence-electron chi connectivity index (χ2n) is 7.42. The van der Waals surface area contributed by atoms with Crippen molar-refractivity contribution < 1.29 is 4.74 Å². The van der Waals surface area contributed by atoms with Gasteiger partial charge in [-0.1, -0.05) is 82.7 Å². The minimum atomic E-state index is -0.309. The van der Waals surface area contributed by atoms with Crippen molar-refractivity contribution in [2.75, 3.05) is 7.11 Å². The third kappa shape index (κ3) is 1.77. The first-order valence-corrected chi connectivity index (χ1v) is 10.2. The zero-order valence-corrected chi connectivity index (χ0v) is 17.0. The van der Waals surface area contributed by atoms with Gasteiger partial charge in [-0.25, -0.2) is 0 Å². The van der Waals surface area contributed by atoms with Gasteiger partial charge >= 0.3 is 0 Å². The van der Waals surface area contributed by atoms with Crippen LogP contribution in [0.5, 0.6) is 5.75 Å². The van der Waals surface area contributed by atoms with Crippen molar-refractivity contribution in [3.8, 4) is 28.0 Å². The van der Waals surface area contributed by atoms with Gasteiger partial charge in [-0.15, -0.1) is 0 Å². The summed E-state index contributed by atoms with van der Waals surface area (Å²) in [6.45, 7) is 0. The lowest BCUT2D eigenvalue weighted by Gasteiger charge is -2.30. The number of ether oxygens (including phenoxy) is 1. The average molecular weight is 425 g/mol. The van der Waals surface area contributed by atoms with Crippen LogP contribution >= 0.6 is 15.9 Å². The van der Waals surface area contributed by atoms with Crippen LogP contribution in [0.3, 0.4) is 0 Å². The fourth-order valence-corrected chi connectivity index (χ4v) is 5.83. The fourth-order valence-electron chi connectivity index (χ4n) is 5.25. The Kier molecular flexibility index (Phi) is 3.22. The smallest absolute Gasteiger partial charge is 0.119 e. The summed E-state index contributed by atoms with van der Waals surface area (Å²) in [6.07, 6.45) is 0. The van der Waals surface area contributed by atoms with E-state index < -0.39 is 0 Å². The third-order valence-electron chi connectivity index (χ3n) is 6.27. The van der Waals surface area contributed by atoms with Crippen LogP contribution in [0.15, 0.2) is 89.4 Å². The van der Waals surface area contributed by atoms with Gasteiger partial charge in [0.05, 0.1) is 12.5 Å². The lowest BCUT2D eigenvalue weighted by atomic mass is 9.70. The highest BCUT2D eigenvalue weighted by molar-refractivity contribution is 9.10. The van der Waals surface area contributed by atoms with Crippen molar-refractivity contribution in [1.82, 2.24) is 0 Å². The molecule has 4 aromatic rings. The van der Waals surface area contributed by atoms with Crippen LogP contribution in [0, 0.1) is 0 Å². The van der Waals surface area contributed by atoms with E-state index in [0.29, 0.717) is 0 Å². The highest BCUT2D eigenvalue weighted by Gasteiger charge is 2.52. The van der Waals surface area contributed by atoms with Crippen molar-refractivity contribution in [2.24, 2.45) is 0 Å². The predicted molar refractivity (Wildman–Crippen MR) is 117 cm³/mol. The Morgan fingerprint density at radius 1 is 0.643 bits per heavy atom. The molecule has 0 bridgehead atoms. The average Bonchev–Trinajstić information content (AvgIpc) is 3.21. The minimum absolute atomic E-state index is 0.309. The largest absolute Gasteiger partial charge is 0.497 e. The standard InChI is InChI=1S/C26H17BrO/c1-28-16-13-14-18-17-7-2-4-9-20(17)26(23(18)15-16)21-10-5-3-8-19(21)25-22(26)11-6-12-24(25)27/h2-15H,1H3. The molecule has 6 rings (SSSR count). The Morgan fingerprint density at radius 3 is 2.07 bits per heavy atom. The summed E-state index contributed by atoms with van der Waals surface area (Å²) in [5.41, 5.74) is 10.2. The Hall–Kier alpha value is -2.84. The van der Waals surface area contributed by atoms with Gasteiger partial charge in [0.2, 0.25) is 0 Å². The van der Waals surface area contributed by atoms with E-state index in [1.807, 2.05) is 0 Å². The molecule has 1 nitrogen and oxygen atoms in total. The summed E-state index contributed by atoms with van der Waals surface area (Å²) < 4.78 is 6.77. The van der Waals surface area contributed by atoms with Crippen LogP contribution in [0.4, 0.5) is 0 Å². The van der Waals surface area contributed by atoms with Crippen molar-refractivity contribution in [3.05, 3.63) is 112 Å². The Bertz CT molecular complexity index is 1270. The molecule has 0 N–H and O–H groups in total. The molecule has 1 atom stereocenters. The molecule has 2 heteroatoms. The van der Waals surface area contributed by atoms with E-state index in [4.69, 9.17) is 4.74 Å². The van der Waals surface area contributed by atoms with E-state index in [1.165, 1.54) is 44.5 Å². The normalized spacial score (nSPS) is 17.8. The highest BCUT2D eigenvalue weighted by atomic mass is 79.9. The molecule has 0 saturated carbocycles. The molecule has 1 unspecified atom stereocenters. The van der Waals surface area contributed by atoms with E-state index in [-0.39, 0.29) is 5.41 Å². The van der Waals surface area contributed by atoms with E-state index in [2.05, 4.69) is 101 Å². The number of hydrogen-bond acceptors (Lipinski definition) is 1. The second kappa shape index (κ2) is 5.59. The number of hydrogen-bond donors (Lipinski definition) is 0. The molecule has 0 saturated heterocycles. The summed E-state index contributed by atoms with van der Waals surface area (Å²) in [7, 11) is 1.74. The number of benzene rings is 4. The summed E-state index contributed by atoms with van der Waals surface area (Å²) in [5, 5.41) is 0.